The summed E-state index contributed by atoms with van der Waals surface area (Å²) < 4.78 is 0. The Morgan fingerprint density at radius 2 is 2.25 bits per heavy atom. The van der Waals surface area contributed by atoms with E-state index in [4.69, 9.17) is 0 Å². The lowest BCUT2D eigenvalue weighted by atomic mass is 10.2. The fourth-order valence-corrected chi connectivity index (χ4v) is 2.77. The van der Waals surface area contributed by atoms with Crippen molar-refractivity contribution in [2.75, 3.05) is 12.3 Å². The van der Waals surface area contributed by atoms with Crippen LogP contribution in [0.3, 0.4) is 0 Å². The minimum Gasteiger partial charge on any atom is -0.355 e. The smallest absolute Gasteiger partial charge is 0.230 e. The zero-order valence-corrected chi connectivity index (χ0v) is 12.6. The summed E-state index contributed by atoms with van der Waals surface area (Å²) in [5, 5.41) is 2.91. The molecule has 2 rings (SSSR count). The second-order valence-corrected chi connectivity index (χ2v) is 5.71. The average molecular weight is 289 g/mol. The number of carbonyl (C=O) groups is 1. The minimum atomic E-state index is 0.0578. The molecule has 0 aliphatic rings. The van der Waals surface area contributed by atoms with E-state index >= 15 is 0 Å². The second-order valence-electron chi connectivity index (χ2n) is 4.69. The van der Waals surface area contributed by atoms with Crippen LogP contribution in [-0.4, -0.2) is 28.2 Å². The third kappa shape index (κ3) is 4.42. The number of rotatable bonds is 6. The first-order valence-electron chi connectivity index (χ1n) is 6.60. The van der Waals surface area contributed by atoms with Crippen LogP contribution < -0.4 is 5.32 Å². The molecule has 4 nitrogen and oxygen atoms in total. The number of aromatic nitrogens is 2. The summed E-state index contributed by atoms with van der Waals surface area (Å²) >= 11 is 1.58. The van der Waals surface area contributed by atoms with E-state index in [0.717, 1.165) is 12.2 Å². The molecular weight excluding hydrogens is 270 g/mol. The summed E-state index contributed by atoms with van der Waals surface area (Å²) in [6.45, 7) is 4.74. The molecule has 20 heavy (non-hydrogen) atoms. The van der Waals surface area contributed by atoms with Crippen LogP contribution in [0.25, 0.3) is 0 Å². The van der Waals surface area contributed by atoms with E-state index in [0.29, 0.717) is 12.3 Å². The number of aryl methyl sites for hydroxylation is 2. The lowest BCUT2D eigenvalue weighted by Crippen LogP contribution is -2.27. The molecule has 0 saturated carbocycles. The Bertz CT molecular complexity index is 567. The van der Waals surface area contributed by atoms with Gasteiger partial charge in [0.25, 0.3) is 0 Å². The number of aromatic amines is 1. The molecule has 1 aromatic heterocycles. The first-order chi connectivity index (χ1) is 9.65. The van der Waals surface area contributed by atoms with Crippen LogP contribution in [0.2, 0.25) is 0 Å². The van der Waals surface area contributed by atoms with Crippen LogP contribution in [0.5, 0.6) is 0 Å². The van der Waals surface area contributed by atoms with Crippen molar-refractivity contribution in [2.45, 2.75) is 25.2 Å². The van der Waals surface area contributed by atoms with Crippen LogP contribution in [0, 0.1) is 13.8 Å². The maximum atomic E-state index is 11.8. The first kappa shape index (κ1) is 14.7. The third-order valence-electron chi connectivity index (χ3n) is 2.94. The van der Waals surface area contributed by atoms with Gasteiger partial charge in [-0.2, -0.15) is 0 Å². The van der Waals surface area contributed by atoms with E-state index < -0.39 is 0 Å². The highest BCUT2D eigenvalue weighted by atomic mass is 32.2. The van der Waals surface area contributed by atoms with Crippen LogP contribution in [0.1, 0.15) is 17.0 Å². The van der Waals surface area contributed by atoms with Crippen molar-refractivity contribution in [1.82, 2.24) is 15.3 Å². The summed E-state index contributed by atoms with van der Waals surface area (Å²) in [6.07, 6.45) is 4.23. The Morgan fingerprint density at radius 3 is 3.00 bits per heavy atom. The lowest BCUT2D eigenvalue weighted by molar-refractivity contribution is -0.118. The highest BCUT2D eigenvalue weighted by Crippen LogP contribution is 2.23. The Kier molecular flexibility index (Phi) is 5.24. The van der Waals surface area contributed by atoms with Gasteiger partial charge in [-0.25, -0.2) is 4.98 Å². The Labute approximate surface area is 123 Å². The number of imidazole rings is 1. The zero-order valence-electron chi connectivity index (χ0n) is 11.8. The molecule has 106 valence electrons. The van der Waals surface area contributed by atoms with Gasteiger partial charge in [0, 0.05) is 30.3 Å². The molecule has 5 heteroatoms. The molecule has 0 radical (unpaired) electrons. The van der Waals surface area contributed by atoms with Gasteiger partial charge in [0.15, 0.2) is 0 Å². The number of benzene rings is 1. The normalized spacial score (nSPS) is 10.5. The van der Waals surface area contributed by atoms with E-state index in [1.807, 2.05) is 0 Å². The van der Waals surface area contributed by atoms with Crippen LogP contribution in [0.4, 0.5) is 0 Å². The molecule has 2 aromatic rings. The highest BCUT2D eigenvalue weighted by Gasteiger charge is 2.05. The molecule has 2 N–H and O–H groups in total. The molecule has 0 atom stereocenters. The van der Waals surface area contributed by atoms with Crippen molar-refractivity contribution < 1.29 is 4.79 Å². The summed E-state index contributed by atoms with van der Waals surface area (Å²) in [6, 6.07) is 6.30. The lowest BCUT2D eigenvalue weighted by Gasteiger charge is -2.07. The number of nitrogens with zero attached hydrogens (tertiary/aromatic N) is 1. The van der Waals surface area contributed by atoms with Gasteiger partial charge in [0.2, 0.25) is 5.91 Å². The molecule has 1 aromatic carbocycles. The number of carbonyl (C=O) groups excluding carboxylic acids is 1. The van der Waals surface area contributed by atoms with E-state index in [2.05, 4.69) is 47.3 Å². The summed E-state index contributed by atoms with van der Waals surface area (Å²) in [7, 11) is 0. The molecule has 0 spiro atoms. The topological polar surface area (TPSA) is 57.8 Å². The number of amides is 1. The molecule has 1 heterocycles. The summed E-state index contributed by atoms with van der Waals surface area (Å²) in [5.74, 6) is 1.40. The van der Waals surface area contributed by atoms with E-state index in [1.165, 1.54) is 16.0 Å². The molecule has 0 bridgehead atoms. The standard InChI is InChI=1S/C15H19N3OS/c1-11-3-4-12(2)13(9-11)20-10-15(19)18-6-5-14-16-7-8-17-14/h3-4,7-9H,5-6,10H2,1-2H3,(H,16,17)(H,18,19). The minimum absolute atomic E-state index is 0.0578. The number of nitrogens with one attached hydrogen (secondary N) is 2. The molecular formula is C15H19N3OS. The number of thioether (sulfide) groups is 1. The quantitative estimate of drug-likeness (QED) is 0.803. The van der Waals surface area contributed by atoms with Gasteiger partial charge < -0.3 is 10.3 Å². The Hall–Kier alpha value is -1.75. The molecule has 1 amide bonds. The van der Waals surface area contributed by atoms with Crippen LogP contribution in [-0.2, 0) is 11.2 Å². The van der Waals surface area contributed by atoms with Gasteiger partial charge in [-0.1, -0.05) is 17.7 Å². The largest absolute Gasteiger partial charge is 0.355 e. The molecule has 0 saturated heterocycles. The van der Waals surface area contributed by atoms with Crippen molar-refractivity contribution in [1.29, 1.82) is 0 Å². The average Bonchev–Trinajstić information content (AvgIpc) is 2.93. The molecule has 0 unspecified atom stereocenters. The van der Waals surface area contributed by atoms with Crippen molar-refractivity contribution >= 4 is 17.7 Å². The monoisotopic (exact) mass is 289 g/mol. The number of hydrogen-bond donors (Lipinski definition) is 2. The highest BCUT2D eigenvalue weighted by molar-refractivity contribution is 8.00. The van der Waals surface area contributed by atoms with Gasteiger partial charge in [-0.3, -0.25) is 4.79 Å². The van der Waals surface area contributed by atoms with E-state index in [1.54, 1.807) is 24.2 Å². The van der Waals surface area contributed by atoms with Crippen LogP contribution >= 0.6 is 11.8 Å². The number of H-pyrrole nitrogens is 1. The Morgan fingerprint density at radius 1 is 1.40 bits per heavy atom. The summed E-state index contributed by atoms with van der Waals surface area (Å²) in [4.78, 5) is 20.1. The fourth-order valence-electron chi connectivity index (χ4n) is 1.81. The van der Waals surface area contributed by atoms with Crippen molar-refractivity contribution in [3.63, 3.8) is 0 Å². The predicted molar refractivity (Wildman–Crippen MR) is 81.9 cm³/mol. The van der Waals surface area contributed by atoms with E-state index in [-0.39, 0.29) is 5.91 Å². The molecule has 0 aliphatic carbocycles. The fraction of sp³-hybridized carbons (Fsp3) is 0.333. The second kappa shape index (κ2) is 7.14. The van der Waals surface area contributed by atoms with Crippen molar-refractivity contribution in [2.24, 2.45) is 0 Å². The van der Waals surface area contributed by atoms with Gasteiger partial charge in [-0.05, 0) is 25.5 Å². The summed E-state index contributed by atoms with van der Waals surface area (Å²) in [5.41, 5.74) is 2.43. The van der Waals surface area contributed by atoms with Crippen molar-refractivity contribution in [3.8, 4) is 0 Å². The van der Waals surface area contributed by atoms with Crippen molar-refractivity contribution in [3.05, 3.63) is 47.5 Å². The maximum Gasteiger partial charge on any atom is 0.230 e. The van der Waals surface area contributed by atoms with E-state index in [9.17, 15) is 4.79 Å². The van der Waals surface area contributed by atoms with Crippen LogP contribution in [0.15, 0.2) is 35.5 Å². The number of hydrogen-bond acceptors (Lipinski definition) is 3. The maximum absolute atomic E-state index is 11.8. The molecule has 0 fully saturated rings. The third-order valence-corrected chi connectivity index (χ3v) is 4.10. The van der Waals surface area contributed by atoms with Gasteiger partial charge in [0.1, 0.15) is 5.82 Å². The zero-order chi connectivity index (χ0) is 14.4. The first-order valence-corrected chi connectivity index (χ1v) is 7.59. The molecule has 0 aliphatic heterocycles. The SMILES string of the molecule is Cc1ccc(C)c(SCC(=O)NCCc2ncc[nH]2)c1. The van der Waals surface area contributed by atoms with Gasteiger partial charge in [0.05, 0.1) is 5.75 Å². The Balaban J connectivity index is 1.73. The van der Waals surface area contributed by atoms with Gasteiger partial charge >= 0.3 is 0 Å². The predicted octanol–water partition coefficient (Wildman–Crippen LogP) is 2.48. The van der Waals surface area contributed by atoms with Gasteiger partial charge in [-0.15, -0.1) is 11.8 Å².